The van der Waals surface area contributed by atoms with Gasteiger partial charge in [0.2, 0.25) is 5.89 Å². The molecule has 0 aliphatic carbocycles. The molecule has 2 aromatic rings. The van der Waals surface area contributed by atoms with Crippen molar-refractivity contribution in [1.82, 2.24) is 20.0 Å². The molecule has 0 saturated carbocycles. The number of aromatic nitrogens is 3. The molecule has 2 aromatic heterocycles. The van der Waals surface area contributed by atoms with Crippen molar-refractivity contribution in [2.75, 3.05) is 6.54 Å². The highest BCUT2D eigenvalue weighted by Gasteiger charge is 2.33. The topological polar surface area (TPSA) is 72.1 Å². The number of amides is 1. The monoisotopic (exact) mass is 258 g/mol. The lowest BCUT2D eigenvalue weighted by atomic mass is 10.2. The molecule has 1 atom stereocenters. The fourth-order valence-corrected chi connectivity index (χ4v) is 2.39. The lowest BCUT2D eigenvalue weighted by Gasteiger charge is -2.22. The van der Waals surface area contributed by atoms with E-state index in [9.17, 15) is 4.79 Å². The molecular formula is C13H14N4O2. The molecular weight excluding hydrogens is 244 g/mol. The number of likely N-dealkylation sites (tertiary alicyclic amines) is 1. The van der Waals surface area contributed by atoms with Crippen molar-refractivity contribution in [1.29, 1.82) is 0 Å². The first-order chi connectivity index (χ1) is 9.25. The molecule has 1 amide bonds. The fraction of sp³-hybridized carbons (Fsp3) is 0.385. The minimum Gasteiger partial charge on any atom is -0.340 e. The first-order valence-electron chi connectivity index (χ1n) is 6.27. The summed E-state index contributed by atoms with van der Waals surface area (Å²) in [4.78, 5) is 22.4. The van der Waals surface area contributed by atoms with Crippen LogP contribution in [-0.2, 0) is 0 Å². The summed E-state index contributed by atoms with van der Waals surface area (Å²) in [6.07, 6.45) is 5.07. The van der Waals surface area contributed by atoms with Gasteiger partial charge in [0.1, 0.15) is 0 Å². The Kier molecular flexibility index (Phi) is 2.98. The van der Waals surface area contributed by atoms with E-state index >= 15 is 0 Å². The second-order valence-electron chi connectivity index (χ2n) is 4.56. The summed E-state index contributed by atoms with van der Waals surface area (Å²) in [5.41, 5.74) is 0.641. The van der Waals surface area contributed by atoms with Crippen LogP contribution in [0.1, 0.15) is 41.0 Å². The Morgan fingerprint density at radius 3 is 2.89 bits per heavy atom. The van der Waals surface area contributed by atoms with Gasteiger partial charge in [-0.1, -0.05) is 5.16 Å². The van der Waals surface area contributed by atoms with Crippen LogP contribution in [0, 0.1) is 6.92 Å². The van der Waals surface area contributed by atoms with Gasteiger partial charge in [-0.25, -0.2) is 0 Å². The molecule has 1 aliphatic rings. The second kappa shape index (κ2) is 4.79. The number of aryl methyl sites for hydroxylation is 1. The van der Waals surface area contributed by atoms with Crippen molar-refractivity contribution in [2.24, 2.45) is 0 Å². The van der Waals surface area contributed by atoms with E-state index in [-0.39, 0.29) is 11.9 Å². The van der Waals surface area contributed by atoms with Crippen molar-refractivity contribution < 1.29 is 9.32 Å². The SMILES string of the molecule is Cc1nc([C@@H]2CCCN2C(=O)c2ccncc2)no1. The molecule has 1 fully saturated rings. The summed E-state index contributed by atoms with van der Waals surface area (Å²) in [7, 11) is 0. The van der Waals surface area contributed by atoms with Crippen LogP contribution in [0.15, 0.2) is 29.0 Å². The second-order valence-corrected chi connectivity index (χ2v) is 4.56. The molecule has 0 N–H and O–H groups in total. The number of hydrogen-bond donors (Lipinski definition) is 0. The third kappa shape index (κ3) is 2.21. The highest BCUT2D eigenvalue weighted by Crippen LogP contribution is 2.31. The molecule has 1 saturated heterocycles. The zero-order valence-electron chi connectivity index (χ0n) is 10.6. The molecule has 0 bridgehead atoms. The molecule has 0 spiro atoms. The standard InChI is InChI=1S/C13H14N4O2/c1-9-15-12(16-19-9)11-3-2-8-17(11)13(18)10-4-6-14-7-5-10/h4-7,11H,2-3,8H2,1H3/t11-/m0/s1. The summed E-state index contributed by atoms with van der Waals surface area (Å²) < 4.78 is 5.00. The number of nitrogens with zero attached hydrogens (tertiary/aromatic N) is 4. The smallest absolute Gasteiger partial charge is 0.254 e. The normalized spacial score (nSPS) is 18.8. The third-order valence-corrected chi connectivity index (χ3v) is 3.28. The Morgan fingerprint density at radius 1 is 1.42 bits per heavy atom. The van der Waals surface area contributed by atoms with Gasteiger partial charge >= 0.3 is 0 Å². The minimum atomic E-state index is -0.0851. The molecule has 0 aromatic carbocycles. The number of carbonyl (C=O) groups is 1. The number of pyridine rings is 1. The zero-order chi connectivity index (χ0) is 13.2. The van der Waals surface area contributed by atoms with Gasteiger partial charge in [-0.2, -0.15) is 4.98 Å². The quantitative estimate of drug-likeness (QED) is 0.820. The summed E-state index contributed by atoms with van der Waals surface area (Å²) >= 11 is 0. The average Bonchev–Trinajstić information content (AvgIpc) is 3.07. The van der Waals surface area contributed by atoms with E-state index in [1.807, 2.05) is 0 Å². The lowest BCUT2D eigenvalue weighted by Crippen LogP contribution is -2.31. The Bertz CT molecular complexity index is 581. The molecule has 98 valence electrons. The van der Waals surface area contributed by atoms with Crippen LogP contribution in [0.3, 0.4) is 0 Å². The van der Waals surface area contributed by atoms with Crippen LogP contribution in [-0.4, -0.2) is 32.5 Å². The highest BCUT2D eigenvalue weighted by atomic mass is 16.5. The maximum atomic E-state index is 12.4. The zero-order valence-corrected chi connectivity index (χ0v) is 10.6. The van der Waals surface area contributed by atoms with E-state index in [0.29, 0.717) is 17.3 Å². The van der Waals surface area contributed by atoms with Gasteiger partial charge in [-0.3, -0.25) is 9.78 Å². The predicted octanol–water partition coefficient (Wildman–Crippen LogP) is 1.75. The molecule has 3 rings (SSSR count). The Hall–Kier alpha value is -2.24. The Balaban J connectivity index is 1.86. The van der Waals surface area contributed by atoms with Gasteiger partial charge in [0.25, 0.3) is 5.91 Å². The van der Waals surface area contributed by atoms with Crippen LogP contribution < -0.4 is 0 Å². The van der Waals surface area contributed by atoms with Crippen molar-refractivity contribution in [2.45, 2.75) is 25.8 Å². The predicted molar refractivity (Wildman–Crippen MR) is 66.3 cm³/mol. The van der Waals surface area contributed by atoms with E-state index in [2.05, 4.69) is 15.1 Å². The van der Waals surface area contributed by atoms with Crippen LogP contribution in [0.25, 0.3) is 0 Å². The largest absolute Gasteiger partial charge is 0.340 e. The number of carbonyl (C=O) groups excluding carboxylic acids is 1. The van der Waals surface area contributed by atoms with E-state index in [4.69, 9.17) is 4.52 Å². The van der Waals surface area contributed by atoms with Gasteiger partial charge in [-0.15, -0.1) is 0 Å². The first-order valence-corrected chi connectivity index (χ1v) is 6.27. The summed E-state index contributed by atoms with van der Waals surface area (Å²) in [6, 6.07) is 3.36. The van der Waals surface area contributed by atoms with Crippen LogP contribution in [0.2, 0.25) is 0 Å². The molecule has 0 radical (unpaired) electrons. The lowest BCUT2D eigenvalue weighted by molar-refractivity contribution is 0.0728. The third-order valence-electron chi connectivity index (χ3n) is 3.28. The molecule has 1 aliphatic heterocycles. The molecule has 6 heteroatoms. The van der Waals surface area contributed by atoms with Gasteiger partial charge in [0.05, 0.1) is 6.04 Å². The molecule has 3 heterocycles. The Morgan fingerprint density at radius 2 is 2.21 bits per heavy atom. The Labute approximate surface area is 110 Å². The molecule has 6 nitrogen and oxygen atoms in total. The van der Waals surface area contributed by atoms with Gasteiger partial charge in [-0.05, 0) is 25.0 Å². The van der Waals surface area contributed by atoms with Crippen LogP contribution >= 0.6 is 0 Å². The van der Waals surface area contributed by atoms with Crippen LogP contribution in [0.4, 0.5) is 0 Å². The maximum Gasteiger partial charge on any atom is 0.254 e. The van der Waals surface area contributed by atoms with Crippen molar-refractivity contribution in [3.63, 3.8) is 0 Å². The van der Waals surface area contributed by atoms with E-state index in [0.717, 1.165) is 19.4 Å². The van der Waals surface area contributed by atoms with E-state index in [1.54, 1.807) is 36.4 Å². The highest BCUT2D eigenvalue weighted by molar-refractivity contribution is 5.94. The van der Waals surface area contributed by atoms with Crippen molar-refractivity contribution in [3.8, 4) is 0 Å². The fourth-order valence-electron chi connectivity index (χ4n) is 2.39. The summed E-state index contributed by atoms with van der Waals surface area (Å²) in [5, 5.41) is 3.93. The van der Waals surface area contributed by atoms with Gasteiger partial charge in [0, 0.05) is 31.4 Å². The maximum absolute atomic E-state index is 12.4. The van der Waals surface area contributed by atoms with E-state index in [1.165, 1.54) is 0 Å². The molecule has 19 heavy (non-hydrogen) atoms. The van der Waals surface area contributed by atoms with Gasteiger partial charge < -0.3 is 9.42 Å². The van der Waals surface area contributed by atoms with E-state index < -0.39 is 0 Å². The summed E-state index contributed by atoms with van der Waals surface area (Å²) in [6.45, 7) is 2.47. The minimum absolute atomic E-state index is 0.00708. The number of rotatable bonds is 2. The van der Waals surface area contributed by atoms with Gasteiger partial charge in [0.15, 0.2) is 5.82 Å². The average molecular weight is 258 g/mol. The van der Waals surface area contributed by atoms with Crippen molar-refractivity contribution >= 4 is 5.91 Å². The first kappa shape index (κ1) is 11.8. The summed E-state index contributed by atoms with van der Waals surface area (Å²) in [5.74, 6) is 1.11. The molecule has 0 unspecified atom stereocenters. The van der Waals surface area contributed by atoms with Crippen molar-refractivity contribution in [3.05, 3.63) is 41.8 Å². The van der Waals surface area contributed by atoms with Crippen LogP contribution in [0.5, 0.6) is 0 Å². The number of hydrogen-bond acceptors (Lipinski definition) is 5.